The minimum absolute atomic E-state index is 0.0476. The minimum Gasteiger partial charge on any atom is -0.504 e. The van der Waals surface area contributed by atoms with Crippen molar-refractivity contribution in [1.82, 2.24) is 10.2 Å². The molecule has 0 radical (unpaired) electrons. The average Bonchev–Trinajstić information content (AvgIpc) is 3.05. The lowest BCUT2D eigenvalue weighted by Crippen LogP contribution is -2.48. The molecular formula is C19H22N4O4S. The van der Waals surface area contributed by atoms with Crippen LogP contribution in [0.25, 0.3) is 0 Å². The Bertz CT molecular complexity index is 858. The average molecular weight is 402 g/mol. The third-order valence-electron chi connectivity index (χ3n) is 4.95. The number of phenols is 1. The van der Waals surface area contributed by atoms with Gasteiger partial charge in [-0.2, -0.15) is 5.26 Å². The molecule has 9 heteroatoms. The van der Waals surface area contributed by atoms with Crippen LogP contribution < -0.4 is 15.8 Å². The van der Waals surface area contributed by atoms with Gasteiger partial charge in [-0.1, -0.05) is 17.8 Å². The number of nitrogens with zero attached hydrogens (tertiary/aromatic N) is 2. The van der Waals surface area contributed by atoms with E-state index in [1.807, 2.05) is 0 Å². The third kappa shape index (κ3) is 3.87. The number of urea groups is 1. The first-order valence-corrected chi connectivity index (χ1v) is 9.87. The zero-order valence-corrected chi connectivity index (χ0v) is 16.3. The number of carbonyl (C=O) groups excluding carboxylic acids is 2. The van der Waals surface area contributed by atoms with Gasteiger partial charge in [0.15, 0.2) is 11.5 Å². The highest BCUT2D eigenvalue weighted by Gasteiger charge is 2.41. The number of nitrogens with one attached hydrogen (secondary N) is 1. The molecule has 0 aromatic heterocycles. The Morgan fingerprint density at radius 3 is 2.71 bits per heavy atom. The number of piperidine rings is 1. The van der Waals surface area contributed by atoms with Gasteiger partial charge in [0.2, 0.25) is 5.91 Å². The Hall–Kier alpha value is -2.86. The lowest BCUT2D eigenvalue weighted by Gasteiger charge is -2.27. The smallest absolute Gasteiger partial charge is 0.324 e. The molecule has 0 saturated carbocycles. The predicted molar refractivity (Wildman–Crippen MR) is 105 cm³/mol. The molecule has 1 fully saturated rings. The Morgan fingerprint density at radius 2 is 2.07 bits per heavy atom. The van der Waals surface area contributed by atoms with Crippen LogP contribution in [0.2, 0.25) is 0 Å². The largest absolute Gasteiger partial charge is 0.504 e. The van der Waals surface area contributed by atoms with Gasteiger partial charge in [-0.3, -0.25) is 10.1 Å². The predicted octanol–water partition coefficient (Wildman–Crippen LogP) is 2.02. The normalized spacial score (nSPS) is 21.9. The van der Waals surface area contributed by atoms with Crippen LogP contribution in [-0.2, 0) is 4.79 Å². The number of methoxy groups -OCH3 is 1. The molecule has 2 aliphatic heterocycles. The van der Waals surface area contributed by atoms with E-state index in [-0.39, 0.29) is 22.1 Å². The van der Waals surface area contributed by atoms with Gasteiger partial charge in [0.1, 0.15) is 5.25 Å². The molecule has 0 aliphatic carbocycles. The lowest BCUT2D eigenvalue weighted by atomic mass is 9.88. The molecule has 2 aliphatic rings. The highest BCUT2D eigenvalue weighted by molar-refractivity contribution is 8.04. The van der Waals surface area contributed by atoms with E-state index in [0.29, 0.717) is 18.7 Å². The second-order valence-corrected chi connectivity index (χ2v) is 7.86. The molecule has 4 N–H and O–H groups in total. The number of benzene rings is 1. The number of amides is 3. The van der Waals surface area contributed by atoms with Crippen molar-refractivity contribution in [1.29, 1.82) is 5.26 Å². The second-order valence-electron chi connectivity index (χ2n) is 6.68. The van der Waals surface area contributed by atoms with Crippen molar-refractivity contribution in [3.05, 3.63) is 34.4 Å². The quantitative estimate of drug-likeness (QED) is 0.705. The van der Waals surface area contributed by atoms with Gasteiger partial charge in [0.25, 0.3) is 0 Å². The van der Waals surface area contributed by atoms with E-state index >= 15 is 0 Å². The number of aromatic hydroxyl groups is 1. The third-order valence-corrected chi connectivity index (χ3v) is 6.16. The van der Waals surface area contributed by atoms with Gasteiger partial charge < -0.3 is 20.5 Å². The molecule has 0 spiro atoms. The van der Waals surface area contributed by atoms with Gasteiger partial charge >= 0.3 is 6.03 Å². The van der Waals surface area contributed by atoms with E-state index in [1.54, 1.807) is 17.0 Å². The summed E-state index contributed by atoms with van der Waals surface area (Å²) in [5.41, 5.74) is 6.85. The molecule has 28 heavy (non-hydrogen) atoms. The molecule has 8 nitrogen and oxygen atoms in total. The van der Waals surface area contributed by atoms with Crippen LogP contribution in [0, 0.1) is 11.3 Å². The first kappa shape index (κ1) is 19.9. The molecule has 3 amide bonds. The SMILES string of the molecule is COc1cc(C2C(C#N)=C(N)SC2C(=O)NC(=O)N2CCCCC2)ccc1O. The van der Waals surface area contributed by atoms with Crippen LogP contribution in [0.1, 0.15) is 30.7 Å². The van der Waals surface area contributed by atoms with Gasteiger partial charge in [-0.05, 0) is 37.0 Å². The number of hydrogen-bond donors (Lipinski definition) is 3. The molecule has 1 saturated heterocycles. The van der Waals surface area contributed by atoms with Crippen LogP contribution >= 0.6 is 11.8 Å². The van der Waals surface area contributed by atoms with Crippen molar-refractivity contribution < 1.29 is 19.4 Å². The molecule has 3 rings (SSSR count). The van der Waals surface area contributed by atoms with E-state index in [4.69, 9.17) is 10.5 Å². The Kier molecular flexibility index (Phi) is 5.99. The number of carbonyl (C=O) groups is 2. The molecule has 2 atom stereocenters. The summed E-state index contributed by atoms with van der Waals surface area (Å²) in [5.74, 6) is -0.952. The highest BCUT2D eigenvalue weighted by Crippen LogP contribution is 2.46. The lowest BCUT2D eigenvalue weighted by molar-refractivity contribution is -0.119. The highest BCUT2D eigenvalue weighted by atomic mass is 32.2. The number of phenolic OH excluding ortho intramolecular Hbond substituents is 1. The van der Waals surface area contributed by atoms with Gasteiger partial charge in [-0.25, -0.2) is 4.79 Å². The summed E-state index contributed by atoms with van der Waals surface area (Å²) < 4.78 is 5.13. The summed E-state index contributed by atoms with van der Waals surface area (Å²) in [7, 11) is 1.42. The number of likely N-dealkylation sites (tertiary alicyclic amines) is 1. The maximum absolute atomic E-state index is 12.9. The van der Waals surface area contributed by atoms with Gasteiger partial charge in [0, 0.05) is 19.0 Å². The van der Waals surface area contributed by atoms with Gasteiger partial charge in [-0.15, -0.1) is 0 Å². The maximum atomic E-state index is 12.9. The fraction of sp³-hybridized carbons (Fsp3) is 0.421. The first-order valence-electron chi connectivity index (χ1n) is 8.99. The number of ether oxygens (including phenoxy) is 1. The number of hydrogen-bond acceptors (Lipinski definition) is 7. The molecular weight excluding hydrogens is 380 g/mol. The molecule has 0 bridgehead atoms. The summed E-state index contributed by atoms with van der Waals surface area (Å²) in [6, 6.07) is 6.28. The fourth-order valence-corrected chi connectivity index (χ4v) is 4.65. The zero-order chi connectivity index (χ0) is 20.3. The molecule has 2 unspecified atom stereocenters. The van der Waals surface area contributed by atoms with Crippen molar-refractivity contribution in [3.8, 4) is 17.6 Å². The van der Waals surface area contributed by atoms with Crippen LogP contribution in [0.3, 0.4) is 0 Å². The molecule has 2 heterocycles. The Morgan fingerprint density at radius 1 is 1.36 bits per heavy atom. The number of thioether (sulfide) groups is 1. The van der Waals surface area contributed by atoms with E-state index in [1.165, 1.54) is 13.2 Å². The Balaban J connectivity index is 1.84. The molecule has 148 valence electrons. The minimum atomic E-state index is -0.766. The number of rotatable bonds is 3. The van der Waals surface area contributed by atoms with Crippen LogP contribution in [0.15, 0.2) is 28.8 Å². The summed E-state index contributed by atoms with van der Waals surface area (Å²) in [6.07, 6.45) is 2.92. The van der Waals surface area contributed by atoms with Crippen molar-refractivity contribution in [2.75, 3.05) is 20.2 Å². The van der Waals surface area contributed by atoms with Crippen molar-refractivity contribution in [2.24, 2.45) is 5.73 Å². The van der Waals surface area contributed by atoms with E-state index < -0.39 is 23.1 Å². The maximum Gasteiger partial charge on any atom is 0.324 e. The number of nitriles is 1. The summed E-state index contributed by atoms with van der Waals surface area (Å²) in [5, 5.41) is 21.3. The van der Waals surface area contributed by atoms with E-state index in [0.717, 1.165) is 31.0 Å². The van der Waals surface area contributed by atoms with Crippen molar-refractivity contribution in [2.45, 2.75) is 30.4 Å². The molecule has 1 aromatic carbocycles. The van der Waals surface area contributed by atoms with Gasteiger partial charge in [0.05, 0.1) is 23.8 Å². The second kappa shape index (κ2) is 8.44. The monoisotopic (exact) mass is 402 g/mol. The number of imide groups is 1. The summed E-state index contributed by atoms with van der Waals surface area (Å²) in [4.78, 5) is 26.9. The summed E-state index contributed by atoms with van der Waals surface area (Å²) >= 11 is 1.06. The van der Waals surface area contributed by atoms with Crippen LogP contribution in [0.5, 0.6) is 11.5 Å². The van der Waals surface area contributed by atoms with Crippen LogP contribution in [0.4, 0.5) is 4.79 Å². The van der Waals surface area contributed by atoms with Crippen molar-refractivity contribution in [3.63, 3.8) is 0 Å². The zero-order valence-electron chi connectivity index (χ0n) is 15.5. The van der Waals surface area contributed by atoms with Crippen molar-refractivity contribution >= 4 is 23.7 Å². The number of allylic oxidation sites excluding steroid dienone is 1. The molecule has 1 aromatic rings. The van der Waals surface area contributed by atoms with Crippen LogP contribution in [-0.4, -0.2) is 47.4 Å². The topological polar surface area (TPSA) is 129 Å². The number of nitrogens with two attached hydrogens (primary N) is 1. The summed E-state index contributed by atoms with van der Waals surface area (Å²) in [6.45, 7) is 1.25. The standard InChI is InChI=1S/C19H22N4O4S/c1-27-14-9-11(5-6-13(14)24)15-12(10-20)17(21)28-16(15)18(25)22-19(26)23-7-3-2-4-8-23/h5-6,9,15-16,24H,2-4,7-8,21H2,1H3,(H,22,25,26). The first-order chi connectivity index (χ1) is 13.5. The fourth-order valence-electron chi connectivity index (χ4n) is 3.48. The Labute approximate surface area is 167 Å². The van der Waals surface area contributed by atoms with E-state index in [2.05, 4.69) is 11.4 Å². The van der Waals surface area contributed by atoms with E-state index in [9.17, 15) is 20.0 Å².